The van der Waals surface area contributed by atoms with Crippen molar-refractivity contribution >= 4 is 0 Å². The molecule has 0 spiro atoms. The molecular formula is C22H29N3O2. The van der Waals surface area contributed by atoms with Gasteiger partial charge in [0.15, 0.2) is 0 Å². The summed E-state index contributed by atoms with van der Waals surface area (Å²) in [5.74, 6) is 1.30. The van der Waals surface area contributed by atoms with E-state index in [0.717, 1.165) is 24.4 Å². The van der Waals surface area contributed by atoms with Gasteiger partial charge < -0.3 is 9.84 Å². The number of nitrogens with zero attached hydrogens (tertiary/aromatic N) is 1. The van der Waals surface area contributed by atoms with E-state index in [1.165, 1.54) is 37.9 Å². The Morgan fingerprint density at radius 3 is 2.63 bits per heavy atom. The third-order valence-electron chi connectivity index (χ3n) is 5.67. The van der Waals surface area contributed by atoms with Gasteiger partial charge in [-0.3, -0.25) is 10.3 Å². The predicted octanol–water partition coefficient (Wildman–Crippen LogP) is 3.19. The topological polar surface area (TPSA) is 56.8 Å². The molecular weight excluding hydrogens is 338 g/mol. The highest BCUT2D eigenvalue weighted by Gasteiger charge is 2.31. The Morgan fingerprint density at radius 1 is 1.04 bits per heavy atom. The summed E-state index contributed by atoms with van der Waals surface area (Å²) in [6, 6.07) is 16.2. The van der Waals surface area contributed by atoms with Crippen LogP contribution in [0.2, 0.25) is 0 Å². The summed E-state index contributed by atoms with van der Waals surface area (Å²) in [4.78, 5) is 2.45. The molecule has 2 saturated heterocycles. The first-order valence-electron chi connectivity index (χ1n) is 10.0. The average molecular weight is 367 g/mol. The summed E-state index contributed by atoms with van der Waals surface area (Å²) in [5.41, 5.74) is 8.71. The van der Waals surface area contributed by atoms with Gasteiger partial charge in [-0.15, -0.1) is 0 Å². The maximum absolute atomic E-state index is 10.6. The van der Waals surface area contributed by atoms with E-state index in [-0.39, 0.29) is 17.7 Å². The Bertz CT molecular complexity index is 732. The number of phenols is 1. The molecule has 2 heterocycles. The van der Waals surface area contributed by atoms with Gasteiger partial charge in [-0.1, -0.05) is 42.8 Å². The van der Waals surface area contributed by atoms with Gasteiger partial charge in [-0.05, 0) is 37.6 Å². The number of hydrogen-bond donors (Lipinski definition) is 3. The van der Waals surface area contributed by atoms with Crippen molar-refractivity contribution in [1.82, 2.24) is 15.8 Å². The average Bonchev–Trinajstić information content (AvgIpc) is 3.19. The van der Waals surface area contributed by atoms with Crippen molar-refractivity contribution in [2.45, 2.75) is 31.2 Å². The van der Waals surface area contributed by atoms with E-state index in [0.29, 0.717) is 6.61 Å². The van der Waals surface area contributed by atoms with Crippen molar-refractivity contribution < 1.29 is 9.84 Å². The zero-order valence-corrected chi connectivity index (χ0v) is 15.7. The largest absolute Gasteiger partial charge is 0.507 e. The molecule has 0 bridgehead atoms. The highest BCUT2D eigenvalue weighted by Crippen LogP contribution is 2.38. The lowest BCUT2D eigenvalue weighted by Gasteiger charge is -2.26. The fourth-order valence-electron chi connectivity index (χ4n) is 4.15. The first-order chi connectivity index (χ1) is 13.3. The Morgan fingerprint density at radius 2 is 1.85 bits per heavy atom. The van der Waals surface area contributed by atoms with Gasteiger partial charge in [0.2, 0.25) is 0 Å². The number of benzene rings is 2. The fraction of sp³-hybridized carbons (Fsp3) is 0.455. The van der Waals surface area contributed by atoms with Crippen LogP contribution < -0.4 is 15.6 Å². The lowest BCUT2D eigenvalue weighted by molar-refractivity contribution is 0.183. The van der Waals surface area contributed by atoms with Crippen LogP contribution in [0.3, 0.4) is 0 Å². The number of aromatic hydroxyl groups is 1. The van der Waals surface area contributed by atoms with Crippen LogP contribution in [0.4, 0.5) is 0 Å². The minimum Gasteiger partial charge on any atom is -0.507 e. The quantitative estimate of drug-likeness (QED) is 0.732. The van der Waals surface area contributed by atoms with Crippen LogP contribution in [0.25, 0.3) is 0 Å². The number of nitrogens with one attached hydrogen (secondary N) is 2. The van der Waals surface area contributed by atoms with Crippen LogP contribution in [0.5, 0.6) is 11.5 Å². The van der Waals surface area contributed by atoms with Crippen LogP contribution in [0, 0.1) is 0 Å². The molecule has 27 heavy (non-hydrogen) atoms. The van der Waals surface area contributed by atoms with Crippen molar-refractivity contribution in [2.75, 3.05) is 32.8 Å². The van der Waals surface area contributed by atoms with Crippen LogP contribution in [0.1, 0.15) is 42.3 Å². The molecule has 2 aromatic rings. The minimum atomic E-state index is 0.0369. The third-order valence-corrected chi connectivity index (χ3v) is 5.67. The second-order valence-corrected chi connectivity index (χ2v) is 7.49. The highest BCUT2D eigenvalue weighted by atomic mass is 16.5. The van der Waals surface area contributed by atoms with Gasteiger partial charge in [-0.25, -0.2) is 5.43 Å². The number of hydrazine groups is 1. The predicted molar refractivity (Wildman–Crippen MR) is 107 cm³/mol. The van der Waals surface area contributed by atoms with Crippen molar-refractivity contribution in [3.63, 3.8) is 0 Å². The monoisotopic (exact) mass is 367 g/mol. The molecule has 144 valence electrons. The molecule has 0 aliphatic carbocycles. The van der Waals surface area contributed by atoms with E-state index < -0.39 is 0 Å². The highest BCUT2D eigenvalue weighted by molar-refractivity contribution is 5.43. The van der Waals surface area contributed by atoms with Crippen molar-refractivity contribution in [1.29, 1.82) is 0 Å². The van der Waals surface area contributed by atoms with Gasteiger partial charge >= 0.3 is 0 Å². The van der Waals surface area contributed by atoms with Crippen molar-refractivity contribution in [3.05, 3.63) is 59.7 Å². The summed E-state index contributed by atoms with van der Waals surface area (Å²) >= 11 is 0. The van der Waals surface area contributed by atoms with E-state index in [1.54, 1.807) is 6.07 Å². The Kier molecular flexibility index (Phi) is 5.92. The molecule has 5 nitrogen and oxygen atoms in total. The second kappa shape index (κ2) is 8.74. The van der Waals surface area contributed by atoms with Gasteiger partial charge in [0.1, 0.15) is 18.1 Å². The van der Waals surface area contributed by atoms with Crippen LogP contribution in [0.15, 0.2) is 48.5 Å². The molecule has 2 aromatic carbocycles. The third kappa shape index (κ3) is 4.43. The molecule has 2 atom stereocenters. The van der Waals surface area contributed by atoms with E-state index in [4.69, 9.17) is 4.74 Å². The SMILES string of the molecule is Oc1cc(OCCN2CCCCC2)ccc1C1NNCC1c1ccccc1. The zero-order chi connectivity index (χ0) is 18.5. The first-order valence-corrected chi connectivity index (χ1v) is 10.0. The molecule has 0 aromatic heterocycles. The van der Waals surface area contributed by atoms with Crippen LogP contribution >= 0.6 is 0 Å². The smallest absolute Gasteiger partial charge is 0.124 e. The molecule has 2 unspecified atom stereocenters. The second-order valence-electron chi connectivity index (χ2n) is 7.49. The number of piperidine rings is 1. The number of hydrogen-bond acceptors (Lipinski definition) is 5. The molecule has 2 aliphatic heterocycles. The van der Waals surface area contributed by atoms with Crippen LogP contribution in [-0.2, 0) is 0 Å². The summed E-state index contributed by atoms with van der Waals surface area (Å²) in [7, 11) is 0. The number of phenolic OH excluding ortho intramolecular Hbond substituents is 1. The van der Waals surface area contributed by atoms with Crippen molar-refractivity contribution in [2.24, 2.45) is 0 Å². The maximum Gasteiger partial charge on any atom is 0.124 e. The Labute approximate surface area is 161 Å². The van der Waals surface area contributed by atoms with E-state index in [2.05, 4.69) is 40.0 Å². The first kappa shape index (κ1) is 18.3. The molecule has 4 rings (SSSR count). The maximum atomic E-state index is 10.6. The fourth-order valence-corrected chi connectivity index (χ4v) is 4.15. The Hall–Kier alpha value is -2.08. The number of rotatable bonds is 6. The molecule has 0 saturated carbocycles. The Balaban J connectivity index is 1.39. The molecule has 0 amide bonds. The lowest BCUT2D eigenvalue weighted by Crippen LogP contribution is -2.33. The summed E-state index contributed by atoms with van der Waals surface area (Å²) in [6.07, 6.45) is 3.93. The van der Waals surface area contributed by atoms with E-state index >= 15 is 0 Å². The summed E-state index contributed by atoms with van der Waals surface area (Å²) in [5, 5.41) is 10.6. The number of ether oxygens (including phenoxy) is 1. The molecule has 5 heteroatoms. The van der Waals surface area contributed by atoms with Crippen LogP contribution in [-0.4, -0.2) is 42.8 Å². The minimum absolute atomic E-state index is 0.0369. The van der Waals surface area contributed by atoms with Crippen molar-refractivity contribution in [3.8, 4) is 11.5 Å². The van der Waals surface area contributed by atoms with Gasteiger partial charge in [-0.2, -0.15) is 0 Å². The summed E-state index contributed by atoms with van der Waals surface area (Å²) in [6.45, 7) is 4.80. The molecule has 3 N–H and O–H groups in total. The molecule has 2 aliphatic rings. The lowest BCUT2D eigenvalue weighted by atomic mass is 9.88. The van der Waals surface area contributed by atoms with E-state index in [9.17, 15) is 5.11 Å². The molecule has 0 radical (unpaired) electrons. The van der Waals surface area contributed by atoms with Gasteiger partial charge in [0.25, 0.3) is 0 Å². The summed E-state index contributed by atoms with van der Waals surface area (Å²) < 4.78 is 5.88. The molecule has 2 fully saturated rings. The van der Waals surface area contributed by atoms with Gasteiger partial charge in [0.05, 0.1) is 6.04 Å². The van der Waals surface area contributed by atoms with E-state index in [1.807, 2.05) is 18.2 Å². The zero-order valence-electron chi connectivity index (χ0n) is 15.7. The normalized spacial score (nSPS) is 23.4. The number of likely N-dealkylation sites (tertiary alicyclic amines) is 1. The van der Waals surface area contributed by atoms with Gasteiger partial charge in [0, 0.05) is 30.6 Å². The standard InChI is InChI=1S/C22H29N3O2/c26-21-15-18(27-14-13-25-11-5-2-6-12-25)9-10-19(21)22-20(16-23-24-22)17-7-3-1-4-8-17/h1,3-4,7-10,15,20,22-24,26H,2,5-6,11-14,16H2.